The molecule has 0 aromatic rings. The van der Waals surface area contributed by atoms with Gasteiger partial charge in [0.05, 0.1) is 62.7 Å². The zero-order chi connectivity index (χ0) is 45.0. The van der Waals surface area contributed by atoms with Crippen molar-refractivity contribution in [1.82, 2.24) is 0 Å². The van der Waals surface area contributed by atoms with Crippen molar-refractivity contribution in [3.8, 4) is 0 Å². The van der Waals surface area contributed by atoms with Gasteiger partial charge < -0.3 is 54.9 Å². The molecule has 0 aliphatic heterocycles. The Kier molecular flexibility index (Phi) is 47.8. The van der Waals surface area contributed by atoms with E-state index >= 15 is 0 Å². The first kappa shape index (κ1) is 62.5. The van der Waals surface area contributed by atoms with Gasteiger partial charge in [-0.25, -0.2) is 4.31 Å². The van der Waals surface area contributed by atoms with Crippen molar-refractivity contribution in [2.45, 2.75) is 244 Å². The second-order valence-electron chi connectivity index (χ2n) is 17.6. The second kappa shape index (κ2) is 45.9. The highest BCUT2D eigenvalue weighted by Crippen LogP contribution is 2.42. The Morgan fingerprint density at radius 3 is 0.650 bits per heavy atom. The Morgan fingerprint density at radius 1 is 0.317 bits per heavy atom. The lowest BCUT2D eigenvalue weighted by Gasteiger charge is -2.43. The molecule has 0 rings (SSSR count). The lowest BCUT2D eigenvalue weighted by atomic mass is 9.78. The van der Waals surface area contributed by atoms with E-state index < -0.39 is 79.9 Å². The molecule has 0 spiro atoms. The maximum atomic E-state index is 10.3. The van der Waals surface area contributed by atoms with Gasteiger partial charge >= 0.3 is 17.2 Å². The Balaban J connectivity index is 0. The van der Waals surface area contributed by atoms with E-state index in [9.17, 15) is 30.6 Å². The molecule has 12 nitrogen and oxygen atoms in total. The summed E-state index contributed by atoms with van der Waals surface area (Å²) in [5.74, 6) is 0. The number of hydrogen-bond acceptors (Lipinski definition) is 12. The van der Waals surface area contributed by atoms with Crippen LogP contribution in [0.3, 0.4) is 0 Å². The molecule has 2 atom stereocenters. The SMILES string of the molecule is CCCCCCCCCCCCCCCCCCC(OC(CCCCCCCCCCCCCCCCCC)C(CO)(CO)CO)C(CO)(CO)CO.OP(O)OP(O)O. The van der Waals surface area contributed by atoms with E-state index in [0.29, 0.717) is 12.8 Å². The van der Waals surface area contributed by atoms with Crippen LogP contribution in [0.2, 0.25) is 0 Å². The average molecular weight is 905 g/mol. The van der Waals surface area contributed by atoms with E-state index in [4.69, 9.17) is 24.3 Å². The number of hydrogen-bond donors (Lipinski definition) is 10. The fourth-order valence-electron chi connectivity index (χ4n) is 7.97. The minimum atomic E-state index is -2.61. The Hall–Kier alpha value is 0.380. The summed E-state index contributed by atoms with van der Waals surface area (Å²) in [5, 5.41) is 62.1. The third-order valence-electron chi connectivity index (χ3n) is 12.4. The van der Waals surface area contributed by atoms with Crippen LogP contribution in [0.1, 0.15) is 232 Å². The maximum Gasteiger partial charge on any atom is 0.334 e. The zero-order valence-electron chi connectivity index (χ0n) is 38.6. The van der Waals surface area contributed by atoms with Gasteiger partial charge in [0, 0.05) is 0 Å². The lowest BCUT2D eigenvalue weighted by molar-refractivity contribution is -0.191. The van der Waals surface area contributed by atoms with Crippen molar-refractivity contribution in [3.63, 3.8) is 0 Å². The van der Waals surface area contributed by atoms with Gasteiger partial charge in [-0.2, -0.15) is 0 Å². The number of ether oxygens (including phenoxy) is 1. The molecule has 0 saturated carbocycles. The summed E-state index contributed by atoms with van der Waals surface area (Å²) >= 11 is 0. The molecule has 364 valence electrons. The van der Waals surface area contributed by atoms with E-state index in [-0.39, 0.29) is 0 Å². The van der Waals surface area contributed by atoms with Crippen LogP contribution in [0, 0.1) is 10.8 Å². The third kappa shape index (κ3) is 34.7. The van der Waals surface area contributed by atoms with Gasteiger partial charge in [-0.1, -0.05) is 219 Å². The number of aliphatic hydroxyl groups is 6. The van der Waals surface area contributed by atoms with E-state index in [1.54, 1.807) is 0 Å². The molecule has 0 aromatic heterocycles. The summed E-state index contributed by atoms with van der Waals surface area (Å²) in [6.07, 6.45) is 40.5. The van der Waals surface area contributed by atoms with Crippen LogP contribution in [0.25, 0.3) is 0 Å². The van der Waals surface area contributed by atoms with Gasteiger partial charge in [0.25, 0.3) is 0 Å². The first-order chi connectivity index (χ1) is 29.1. The summed E-state index contributed by atoms with van der Waals surface area (Å²) in [7, 11) is -5.22. The molecular weight excluding hydrogens is 806 g/mol. The van der Waals surface area contributed by atoms with E-state index in [1.807, 2.05) is 0 Å². The van der Waals surface area contributed by atoms with Gasteiger partial charge in [0.15, 0.2) is 0 Å². The first-order valence-electron chi connectivity index (χ1n) is 24.5. The molecule has 0 heterocycles. The second-order valence-corrected chi connectivity index (χ2v) is 19.2. The first-order valence-corrected chi connectivity index (χ1v) is 26.8. The molecule has 0 amide bonds. The predicted octanol–water partition coefficient (Wildman–Crippen LogP) is 10.4. The molecule has 0 aliphatic carbocycles. The standard InChI is InChI=1S/C46H94O7.H4O5P2/c1-3-5-7-9-11-13-15-17-19-21-23-25-27-29-31-33-35-43(45(37-47,38-48)39-49)53-44(46(40-50,41-51)42-52)36-34-32-30-28-26-24-22-20-18-16-14-12-10-8-6-4-2;1-6(2)5-7(3)4/h43-44,47-52H,3-42H2,1-2H3;1-4H. The molecule has 60 heavy (non-hydrogen) atoms. The normalized spacial score (nSPS) is 13.3. The highest BCUT2D eigenvalue weighted by molar-refractivity contribution is 7.53. The molecule has 0 fully saturated rings. The minimum absolute atomic E-state index is 0.431. The summed E-state index contributed by atoms with van der Waals surface area (Å²) in [4.78, 5) is 31.3. The van der Waals surface area contributed by atoms with Crippen LogP contribution >= 0.6 is 17.2 Å². The Labute approximate surface area is 370 Å². The summed E-state index contributed by atoms with van der Waals surface area (Å²) in [6.45, 7) is 1.95. The number of aliphatic hydroxyl groups excluding tert-OH is 6. The quantitative estimate of drug-likeness (QED) is 0.0204. The van der Waals surface area contributed by atoms with Crippen molar-refractivity contribution in [1.29, 1.82) is 0 Å². The van der Waals surface area contributed by atoms with Gasteiger partial charge in [-0.05, 0) is 12.8 Å². The number of rotatable bonds is 46. The highest BCUT2D eigenvalue weighted by atomic mass is 31.2. The van der Waals surface area contributed by atoms with Crippen LogP contribution in [-0.2, 0) is 9.05 Å². The van der Waals surface area contributed by atoms with Gasteiger partial charge in [-0.3, -0.25) is 0 Å². The van der Waals surface area contributed by atoms with Crippen molar-refractivity contribution in [2.24, 2.45) is 10.8 Å². The van der Waals surface area contributed by atoms with Crippen LogP contribution < -0.4 is 0 Å². The maximum absolute atomic E-state index is 10.3. The monoisotopic (exact) mass is 905 g/mol. The summed E-state index contributed by atoms with van der Waals surface area (Å²) in [5.41, 5.74) is -2.48. The van der Waals surface area contributed by atoms with Gasteiger partial charge in [0.2, 0.25) is 0 Å². The van der Waals surface area contributed by atoms with Gasteiger partial charge in [-0.15, -0.1) is 0 Å². The smallest absolute Gasteiger partial charge is 0.334 e. The molecule has 0 radical (unpaired) electrons. The molecule has 0 aromatic carbocycles. The van der Waals surface area contributed by atoms with Crippen LogP contribution in [0.4, 0.5) is 0 Å². The summed E-state index contributed by atoms with van der Waals surface area (Å²) in [6, 6.07) is 0. The van der Waals surface area contributed by atoms with Crippen molar-refractivity contribution < 1.29 is 59.3 Å². The van der Waals surface area contributed by atoms with Crippen molar-refractivity contribution >= 4 is 17.2 Å². The molecule has 2 unspecified atom stereocenters. The Morgan fingerprint density at radius 2 is 0.500 bits per heavy atom. The van der Waals surface area contributed by atoms with E-state index in [1.165, 1.54) is 167 Å². The lowest BCUT2D eigenvalue weighted by Crippen LogP contribution is -2.53. The summed E-state index contributed by atoms with van der Waals surface area (Å²) < 4.78 is 10.2. The molecule has 10 N–H and O–H groups in total. The van der Waals surface area contributed by atoms with Crippen LogP contribution in [-0.4, -0.2) is 102 Å². The van der Waals surface area contributed by atoms with Gasteiger partial charge in [0.1, 0.15) is 0 Å². The van der Waals surface area contributed by atoms with Crippen molar-refractivity contribution in [2.75, 3.05) is 39.6 Å². The predicted molar refractivity (Wildman–Crippen MR) is 248 cm³/mol. The molecule has 0 bridgehead atoms. The fourth-order valence-corrected chi connectivity index (χ4v) is 8.49. The molecule has 14 heteroatoms. The minimum Gasteiger partial charge on any atom is -0.396 e. The molecule has 0 saturated heterocycles. The van der Waals surface area contributed by atoms with E-state index in [0.717, 1.165) is 38.5 Å². The largest absolute Gasteiger partial charge is 0.396 e. The Bertz CT molecular complexity index is 757. The third-order valence-corrected chi connectivity index (χ3v) is 13.5. The zero-order valence-corrected chi connectivity index (χ0v) is 40.4. The van der Waals surface area contributed by atoms with Crippen LogP contribution in [0.5, 0.6) is 0 Å². The fraction of sp³-hybridized carbons (Fsp3) is 1.00. The van der Waals surface area contributed by atoms with E-state index in [2.05, 4.69) is 18.2 Å². The molecular formula is C46H98O12P2. The highest BCUT2D eigenvalue weighted by Gasteiger charge is 2.45. The molecule has 0 aliphatic rings. The number of unbranched alkanes of at least 4 members (excludes halogenated alkanes) is 30. The van der Waals surface area contributed by atoms with Crippen molar-refractivity contribution in [3.05, 3.63) is 0 Å². The van der Waals surface area contributed by atoms with Crippen LogP contribution in [0.15, 0.2) is 0 Å². The average Bonchev–Trinajstić information content (AvgIpc) is 3.24. The topological polar surface area (TPSA) is 221 Å².